The van der Waals surface area contributed by atoms with Gasteiger partial charge in [0.15, 0.2) is 6.61 Å². The van der Waals surface area contributed by atoms with Crippen LogP contribution in [0, 0.1) is 5.82 Å². The largest absolute Gasteiger partial charge is 0.484 e. The minimum Gasteiger partial charge on any atom is -0.484 e. The Kier molecular flexibility index (Phi) is 4.55. The first-order chi connectivity index (χ1) is 9.65. The zero-order valence-electron chi connectivity index (χ0n) is 10.8. The standard InChI is InChI=1S/C15H15FN2O2/c16-14-7-2-1-4-11(14)9-18-15(19)10-20-13-6-3-5-12(17)8-13/h1-8H,9-10,17H2,(H,18,19). The molecule has 0 atom stereocenters. The molecule has 0 spiro atoms. The molecular formula is C15H15FN2O2. The molecule has 0 unspecified atom stereocenters. The summed E-state index contributed by atoms with van der Waals surface area (Å²) in [6.45, 7) is -0.0102. The molecule has 5 heteroatoms. The summed E-state index contributed by atoms with van der Waals surface area (Å²) in [5.41, 5.74) is 6.59. The molecule has 20 heavy (non-hydrogen) atoms. The number of carbonyl (C=O) groups excluding carboxylic acids is 1. The van der Waals surface area contributed by atoms with Gasteiger partial charge in [-0.05, 0) is 18.2 Å². The van der Waals surface area contributed by atoms with E-state index in [1.807, 2.05) is 0 Å². The molecule has 1 amide bonds. The molecule has 0 aliphatic carbocycles. The summed E-state index contributed by atoms with van der Waals surface area (Å²) < 4.78 is 18.6. The van der Waals surface area contributed by atoms with Crippen molar-refractivity contribution in [1.29, 1.82) is 0 Å². The van der Waals surface area contributed by atoms with Crippen LogP contribution in [0.15, 0.2) is 48.5 Å². The van der Waals surface area contributed by atoms with Crippen LogP contribution in [0.3, 0.4) is 0 Å². The maximum Gasteiger partial charge on any atom is 0.258 e. The smallest absolute Gasteiger partial charge is 0.258 e. The zero-order chi connectivity index (χ0) is 14.4. The molecule has 3 N–H and O–H groups in total. The summed E-state index contributed by atoms with van der Waals surface area (Å²) in [7, 11) is 0. The quantitative estimate of drug-likeness (QED) is 0.821. The fourth-order valence-electron chi connectivity index (χ4n) is 1.64. The van der Waals surface area contributed by atoms with E-state index in [-0.39, 0.29) is 24.9 Å². The minimum atomic E-state index is -0.343. The first kappa shape index (κ1) is 13.9. The van der Waals surface area contributed by atoms with Crippen molar-refractivity contribution in [1.82, 2.24) is 5.32 Å². The molecular weight excluding hydrogens is 259 g/mol. The Morgan fingerprint density at radius 3 is 2.75 bits per heavy atom. The number of nitrogens with one attached hydrogen (secondary N) is 1. The minimum absolute atomic E-state index is 0.131. The van der Waals surface area contributed by atoms with Gasteiger partial charge >= 0.3 is 0 Å². The highest BCUT2D eigenvalue weighted by Gasteiger charge is 2.05. The molecule has 0 aliphatic heterocycles. The molecule has 2 aromatic carbocycles. The highest BCUT2D eigenvalue weighted by molar-refractivity contribution is 5.77. The van der Waals surface area contributed by atoms with Gasteiger partial charge in [-0.3, -0.25) is 4.79 Å². The number of rotatable bonds is 5. The Hall–Kier alpha value is -2.56. The summed E-state index contributed by atoms with van der Waals surface area (Å²) in [6, 6.07) is 13.1. The topological polar surface area (TPSA) is 64.3 Å². The Bertz CT molecular complexity index is 602. The van der Waals surface area contributed by atoms with Crippen LogP contribution in [0.4, 0.5) is 10.1 Å². The highest BCUT2D eigenvalue weighted by atomic mass is 19.1. The molecule has 0 aromatic heterocycles. The molecule has 104 valence electrons. The second kappa shape index (κ2) is 6.56. The van der Waals surface area contributed by atoms with Crippen molar-refractivity contribution in [2.45, 2.75) is 6.54 Å². The van der Waals surface area contributed by atoms with E-state index in [9.17, 15) is 9.18 Å². The third kappa shape index (κ3) is 3.98. The molecule has 0 aliphatic rings. The molecule has 0 fully saturated rings. The van der Waals surface area contributed by atoms with Gasteiger partial charge in [0.05, 0.1) is 0 Å². The van der Waals surface area contributed by atoms with Gasteiger partial charge in [-0.2, -0.15) is 0 Å². The van der Waals surface area contributed by atoms with Crippen LogP contribution in [0.2, 0.25) is 0 Å². The number of hydrogen-bond donors (Lipinski definition) is 2. The van der Waals surface area contributed by atoms with E-state index in [4.69, 9.17) is 10.5 Å². The van der Waals surface area contributed by atoms with E-state index in [0.717, 1.165) is 0 Å². The average Bonchev–Trinajstić information content (AvgIpc) is 2.44. The summed E-state index contributed by atoms with van der Waals surface area (Å²) in [6.07, 6.45) is 0. The number of halogens is 1. The second-order valence-electron chi connectivity index (χ2n) is 4.23. The number of nitrogen functional groups attached to an aromatic ring is 1. The van der Waals surface area contributed by atoms with Crippen molar-refractivity contribution in [3.05, 3.63) is 59.9 Å². The number of amides is 1. The van der Waals surface area contributed by atoms with Crippen LogP contribution in [-0.2, 0) is 11.3 Å². The molecule has 2 aromatic rings. The molecule has 4 nitrogen and oxygen atoms in total. The third-order valence-electron chi connectivity index (χ3n) is 2.66. The van der Waals surface area contributed by atoms with Gasteiger partial charge in [-0.1, -0.05) is 24.3 Å². The summed E-state index contributed by atoms with van der Waals surface area (Å²) in [5, 5.41) is 2.59. The Balaban J connectivity index is 1.80. The summed E-state index contributed by atoms with van der Waals surface area (Å²) in [5.74, 6) is -0.147. The molecule has 0 heterocycles. The van der Waals surface area contributed by atoms with Crippen molar-refractivity contribution in [3.63, 3.8) is 0 Å². The lowest BCUT2D eigenvalue weighted by molar-refractivity contribution is -0.123. The van der Waals surface area contributed by atoms with Crippen LogP contribution in [0.5, 0.6) is 5.75 Å². The van der Waals surface area contributed by atoms with Gasteiger partial charge in [0, 0.05) is 23.9 Å². The first-order valence-electron chi connectivity index (χ1n) is 6.13. The number of anilines is 1. The predicted molar refractivity (Wildman–Crippen MR) is 74.6 cm³/mol. The van der Waals surface area contributed by atoms with Crippen molar-refractivity contribution in [2.75, 3.05) is 12.3 Å². The van der Waals surface area contributed by atoms with E-state index < -0.39 is 0 Å². The Morgan fingerprint density at radius 1 is 1.20 bits per heavy atom. The van der Waals surface area contributed by atoms with E-state index in [1.165, 1.54) is 6.07 Å². The van der Waals surface area contributed by atoms with Crippen molar-refractivity contribution < 1.29 is 13.9 Å². The fraction of sp³-hybridized carbons (Fsp3) is 0.133. The van der Waals surface area contributed by atoms with E-state index in [2.05, 4.69) is 5.32 Å². The van der Waals surface area contributed by atoms with E-state index in [1.54, 1.807) is 42.5 Å². The second-order valence-corrected chi connectivity index (χ2v) is 4.23. The first-order valence-corrected chi connectivity index (χ1v) is 6.13. The average molecular weight is 274 g/mol. The van der Waals surface area contributed by atoms with E-state index in [0.29, 0.717) is 17.0 Å². The van der Waals surface area contributed by atoms with Gasteiger partial charge in [-0.15, -0.1) is 0 Å². The van der Waals surface area contributed by atoms with Gasteiger partial charge in [-0.25, -0.2) is 4.39 Å². The molecule has 0 saturated carbocycles. The molecule has 2 rings (SSSR count). The third-order valence-corrected chi connectivity index (χ3v) is 2.66. The predicted octanol–water partition coefficient (Wildman–Crippen LogP) is 2.10. The van der Waals surface area contributed by atoms with Gasteiger partial charge in [0.2, 0.25) is 0 Å². The lowest BCUT2D eigenvalue weighted by atomic mass is 10.2. The van der Waals surface area contributed by atoms with Crippen LogP contribution in [0.1, 0.15) is 5.56 Å². The number of benzene rings is 2. The summed E-state index contributed by atoms with van der Waals surface area (Å²) >= 11 is 0. The van der Waals surface area contributed by atoms with Crippen LogP contribution in [0.25, 0.3) is 0 Å². The lowest BCUT2D eigenvalue weighted by Gasteiger charge is -2.08. The Morgan fingerprint density at radius 2 is 2.00 bits per heavy atom. The fourth-order valence-corrected chi connectivity index (χ4v) is 1.64. The SMILES string of the molecule is Nc1cccc(OCC(=O)NCc2ccccc2F)c1. The number of nitrogens with two attached hydrogens (primary N) is 1. The van der Waals surface area contributed by atoms with Crippen molar-refractivity contribution in [3.8, 4) is 5.75 Å². The zero-order valence-corrected chi connectivity index (χ0v) is 10.8. The number of hydrogen-bond acceptors (Lipinski definition) is 3. The van der Waals surface area contributed by atoms with Crippen molar-refractivity contribution in [2.24, 2.45) is 0 Å². The maximum atomic E-state index is 13.3. The highest BCUT2D eigenvalue weighted by Crippen LogP contribution is 2.14. The van der Waals surface area contributed by atoms with Gasteiger partial charge in [0.1, 0.15) is 11.6 Å². The monoisotopic (exact) mass is 274 g/mol. The van der Waals surface area contributed by atoms with E-state index >= 15 is 0 Å². The van der Waals surface area contributed by atoms with Gasteiger partial charge in [0.25, 0.3) is 5.91 Å². The van der Waals surface area contributed by atoms with Crippen molar-refractivity contribution >= 4 is 11.6 Å². The normalized spacial score (nSPS) is 10.1. The molecule has 0 bridgehead atoms. The summed E-state index contributed by atoms with van der Waals surface area (Å²) in [4.78, 5) is 11.6. The number of carbonyl (C=O) groups is 1. The maximum absolute atomic E-state index is 13.3. The van der Waals surface area contributed by atoms with Crippen LogP contribution < -0.4 is 15.8 Å². The molecule has 0 radical (unpaired) electrons. The molecule has 0 saturated heterocycles. The van der Waals surface area contributed by atoms with Crippen LogP contribution >= 0.6 is 0 Å². The number of ether oxygens (including phenoxy) is 1. The Labute approximate surface area is 116 Å². The lowest BCUT2D eigenvalue weighted by Crippen LogP contribution is -2.28. The van der Waals surface area contributed by atoms with Gasteiger partial charge < -0.3 is 15.8 Å². The van der Waals surface area contributed by atoms with Crippen LogP contribution in [-0.4, -0.2) is 12.5 Å².